The van der Waals surface area contributed by atoms with Crippen LogP contribution in [-0.4, -0.2) is 58.1 Å². The molecule has 2 aliphatic heterocycles. The third-order valence-electron chi connectivity index (χ3n) is 7.50. The number of likely N-dealkylation sites (tertiary alicyclic amines) is 1. The normalized spacial score (nSPS) is 20.7. The number of aromatic nitrogens is 1. The SMILES string of the molecule is CCCCN1CC(Oc2cc(F)c([C@@H]3c4[nH]c5ccccc5c4C[C@@H](C)N3C(=O)C(C)(C)F)c(F)c2)C1. The molecule has 8 heteroatoms. The number of H-pyrrole nitrogens is 1. The molecule has 0 aliphatic carbocycles. The monoisotopic (exact) mass is 513 g/mol. The van der Waals surface area contributed by atoms with Gasteiger partial charge in [0.25, 0.3) is 5.91 Å². The number of halogens is 3. The minimum Gasteiger partial charge on any atom is -0.488 e. The van der Waals surface area contributed by atoms with Crippen LogP contribution in [0, 0.1) is 11.6 Å². The van der Waals surface area contributed by atoms with E-state index in [0.717, 1.165) is 48.9 Å². The van der Waals surface area contributed by atoms with Crippen molar-refractivity contribution in [2.75, 3.05) is 19.6 Å². The highest BCUT2D eigenvalue weighted by atomic mass is 19.1. The Balaban J connectivity index is 1.53. The van der Waals surface area contributed by atoms with Crippen LogP contribution < -0.4 is 4.74 Å². The fourth-order valence-electron chi connectivity index (χ4n) is 5.61. The van der Waals surface area contributed by atoms with Crippen LogP contribution in [0.5, 0.6) is 5.75 Å². The van der Waals surface area contributed by atoms with Gasteiger partial charge in [-0.15, -0.1) is 0 Å². The molecular formula is C29H34F3N3O2. The number of carbonyl (C=O) groups excluding carboxylic acids is 1. The number of hydrogen-bond donors (Lipinski definition) is 1. The lowest BCUT2D eigenvalue weighted by atomic mass is 9.87. The van der Waals surface area contributed by atoms with Gasteiger partial charge in [-0.25, -0.2) is 13.2 Å². The van der Waals surface area contributed by atoms with E-state index in [9.17, 15) is 9.18 Å². The van der Waals surface area contributed by atoms with E-state index in [-0.39, 0.29) is 17.4 Å². The van der Waals surface area contributed by atoms with E-state index >= 15 is 8.78 Å². The van der Waals surface area contributed by atoms with Crippen molar-refractivity contribution in [3.8, 4) is 5.75 Å². The van der Waals surface area contributed by atoms with Crippen molar-refractivity contribution >= 4 is 16.8 Å². The maximum Gasteiger partial charge on any atom is 0.260 e. The quantitative estimate of drug-likeness (QED) is 0.427. The van der Waals surface area contributed by atoms with Gasteiger partial charge in [0.1, 0.15) is 29.5 Å². The summed E-state index contributed by atoms with van der Waals surface area (Å²) >= 11 is 0. The van der Waals surface area contributed by atoms with Crippen LogP contribution in [0.3, 0.4) is 0 Å². The minimum atomic E-state index is -2.21. The molecule has 0 radical (unpaired) electrons. The zero-order valence-corrected chi connectivity index (χ0v) is 21.8. The third kappa shape index (κ3) is 4.72. The number of ether oxygens (including phenoxy) is 1. The molecule has 2 aliphatic rings. The number of fused-ring (bicyclic) bond motifs is 3. The van der Waals surface area contributed by atoms with Gasteiger partial charge in [-0.2, -0.15) is 0 Å². The topological polar surface area (TPSA) is 48.6 Å². The molecule has 0 unspecified atom stereocenters. The third-order valence-corrected chi connectivity index (χ3v) is 7.50. The minimum absolute atomic E-state index is 0.114. The molecule has 1 N–H and O–H groups in total. The lowest BCUT2D eigenvalue weighted by Crippen LogP contribution is -2.53. The summed E-state index contributed by atoms with van der Waals surface area (Å²) in [4.78, 5) is 20.1. The highest BCUT2D eigenvalue weighted by molar-refractivity contribution is 5.89. The lowest BCUT2D eigenvalue weighted by molar-refractivity contribution is -0.146. The number of unbranched alkanes of at least 4 members (excludes halogenated alkanes) is 1. The molecular weight excluding hydrogens is 479 g/mol. The zero-order valence-electron chi connectivity index (χ0n) is 21.8. The van der Waals surface area contributed by atoms with Gasteiger partial charge in [-0.1, -0.05) is 31.5 Å². The molecule has 1 aromatic heterocycles. The summed E-state index contributed by atoms with van der Waals surface area (Å²) < 4.78 is 52.3. The van der Waals surface area contributed by atoms with E-state index in [1.165, 1.54) is 30.9 Å². The average molecular weight is 514 g/mol. The molecule has 3 aromatic rings. The summed E-state index contributed by atoms with van der Waals surface area (Å²) in [7, 11) is 0. The van der Waals surface area contributed by atoms with Crippen molar-refractivity contribution in [3.05, 3.63) is 64.9 Å². The van der Waals surface area contributed by atoms with Gasteiger partial charge in [0.15, 0.2) is 5.67 Å². The van der Waals surface area contributed by atoms with E-state index in [1.807, 2.05) is 24.3 Å². The number of amides is 1. The van der Waals surface area contributed by atoms with Gasteiger partial charge in [0.05, 0.1) is 5.56 Å². The van der Waals surface area contributed by atoms with Crippen molar-refractivity contribution in [3.63, 3.8) is 0 Å². The summed E-state index contributed by atoms with van der Waals surface area (Å²) in [5.41, 5.74) is -0.303. The fourth-order valence-corrected chi connectivity index (χ4v) is 5.61. The smallest absolute Gasteiger partial charge is 0.260 e. The Morgan fingerprint density at radius 3 is 2.49 bits per heavy atom. The van der Waals surface area contributed by atoms with E-state index in [4.69, 9.17) is 4.74 Å². The number of alkyl halides is 1. The molecule has 2 atom stereocenters. The molecule has 198 valence electrons. The highest BCUT2D eigenvalue weighted by Crippen LogP contribution is 2.44. The second-order valence-corrected chi connectivity index (χ2v) is 10.9. The predicted molar refractivity (Wildman–Crippen MR) is 137 cm³/mol. The molecule has 1 saturated heterocycles. The Kier molecular flexibility index (Phi) is 6.73. The number of rotatable bonds is 7. The molecule has 0 saturated carbocycles. The van der Waals surface area contributed by atoms with Crippen LogP contribution in [0.1, 0.15) is 63.4 Å². The first kappa shape index (κ1) is 25.6. The first-order valence-electron chi connectivity index (χ1n) is 13.1. The molecule has 3 heterocycles. The van der Waals surface area contributed by atoms with Crippen molar-refractivity contribution in [1.82, 2.24) is 14.8 Å². The number of hydrogen-bond acceptors (Lipinski definition) is 3. The second kappa shape index (κ2) is 9.71. The molecule has 2 aromatic carbocycles. The Morgan fingerprint density at radius 1 is 1.16 bits per heavy atom. The first-order chi connectivity index (χ1) is 17.6. The van der Waals surface area contributed by atoms with Crippen molar-refractivity contribution < 1.29 is 22.7 Å². The van der Waals surface area contributed by atoms with Crippen LogP contribution >= 0.6 is 0 Å². The van der Waals surface area contributed by atoms with Crippen LogP contribution in [0.4, 0.5) is 13.2 Å². The molecule has 37 heavy (non-hydrogen) atoms. The highest BCUT2D eigenvalue weighted by Gasteiger charge is 2.45. The number of carbonyl (C=O) groups is 1. The van der Waals surface area contributed by atoms with Crippen molar-refractivity contribution in [2.45, 2.75) is 70.8 Å². The largest absolute Gasteiger partial charge is 0.488 e. The number of aromatic amines is 1. The zero-order chi connectivity index (χ0) is 26.5. The molecule has 5 nitrogen and oxygen atoms in total. The first-order valence-corrected chi connectivity index (χ1v) is 13.1. The summed E-state index contributed by atoms with van der Waals surface area (Å²) in [5.74, 6) is -2.34. The molecule has 5 rings (SSSR count). The van der Waals surface area contributed by atoms with Crippen LogP contribution in [0.15, 0.2) is 36.4 Å². The Hall–Kier alpha value is -3.00. The van der Waals surface area contributed by atoms with Gasteiger partial charge in [0, 0.05) is 47.9 Å². The van der Waals surface area contributed by atoms with Gasteiger partial charge in [-0.05, 0) is 51.8 Å². The Morgan fingerprint density at radius 2 is 1.84 bits per heavy atom. The Labute approximate surface area is 215 Å². The van der Waals surface area contributed by atoms with E-state index in [2.05, 4.69) is 16.8 Å². The van der Waals surface area contributed by atoms with Crippen LogP contribution in [0.25, 0.3) is 10.9 Å². The number of nitrogens with zero attached hydrogens (tertiary/aromatic N) is 2. The predicted octanol–water partition coefficient (Wildman–Crippen LogP) is 5.92. The van der Waals surface area contributed by atoms with Gasteiger partial charge in [0.2, 0.25) is 0 Å². The van der Waals surface area contributed by atoms with Crippen molar-refractivity contribution in [1.29, 1.82) is 0 Å². The number of benzene rings is 2. The van der Waals surface area contributed by atoms with Gasteiger partial charge in [-0.3, -0.25) is 9.69 Å². The molecule has 0 spiro atoms. The number of nitrogens with one attached hydrogen (secondary N) is 1. The van der Waals surface area contributed by atoms with Gasteiger partial charge < -0.3 is 14.6 Å². The summed E-state index contributed by atoms with van der Waals surface area (Å²) in [6, 6.07) is 8.33. The number of para-hydroxylation sites is 1. The average Bonchev–Trinajstić information content (AvgIpc) is 3.17. The maximum atomic E-state index is 15.7. The maximum absolute atomic E-state index is 15.7. The molecule has 0 bridgehead atoms. The molecule has 1 amide bonds. The van der Waals surface area contributed by atoms with Crippen LogP contribution in [0.2, 0.25) is 0 Å². The standard InChI is InChI=1S/C29H34F3N3O2/c1-5-6-11-34-15-19(16-34)37-18-13-22(30)25(23(31)14-18)27-26-21(20-9-7-8-10-24(20)33-26)12-17(2)35(27)28(36)29(3,4)32/h7-10,13-14,17,19,27,33H,5-6,11-12,15-16H2,1-4H3/t17-,27-/m1/s1. The fraction of sp³-hybridized carbons (Fsp3) is 0.483. The second-order valence-electron chi connectivity index (χ2n) is 10.9. The van der Waals surface area contributed by atoms with E-state index in [0.29, 0.717) is 12.1 Å². The lowest BCUT2D eigenvalue weighted by Gasteiger charge is -2.43. The summed E-state index contributed by atoms with van der Waals surface area (Å²) in [6.07, 6.45) is 2.53. The van der Waals surface area contributed by atoms with E-state index in [1.54, 1.807) is 6.92 Å². The van der Waals surface area contributed by atoms with Crippen LogP contribution in [-0.2, 0) is 11.2 Å². The van der Waals surface area contributed by atoms with Crippen molar-refractivity contribution in [2.24, 2.45) is 0 Å². The summed E-state index contributed by atoms with van der Waals surface area (Å²) in [6.45, 7) is 8.69. The van der Waals surface area contributed by atoms with E-state index < -0.39 is 35.3 Å². The summed E-state index contributed by atoms with van der Waals surface area (Å²) in [5, 5.41) is 0.930. The Bertz CT molecular complexity index is 1290. The van der Waals surface area contributed by atoms with Gasteiger partial charge >= 0.3 is 0 Å². The molecule has 1 fully saturated rings.